The van der Waals surface area contributed by atoms with Gasteiger partial charge in [0.25, 0.3) is 0 Å². The van der Waals surface area contributed by atoms with Gasteiger partial charge in [-0.25, -0.2) is 4.68 Å². The smallest absolute Gasteiger partial charge is 0.214 e. The summed E-state index contributed by atoms with van der Waals surface area (Å²) in [5.74, 6) is 0.989. The molecule has 0 aliphatic carbocycles. The van der Waals surface area contributed by atoms with Crippen LogP contribution in [0.15, 0.2) is 30.3 Å². The van der Waals surface area contributed by atoms with Crippen LogP contribution < -0.4 is 9.80 Å². The SMILES string of the molecule is CCC(C)(C)n1nnnc1[C@@H](c1ccccc1)[NH+]1CC[NH+](C)CC1. The number of benzene rings is 1. The molecule has 0 radical (unpaired) electrons. The van der Waals surface area contributed by atoms with Crippen LogP contribution >= 0.6 is 0 Å². The Kier molecular flexibility index (Phi) is 4.96. The van der Waals surface area contributed by atoms with Gasteiger partial charge in [0.1, 0.15) is 26.2 Å². The summed E-state index contributed by atoms with van der Waals surface area (Å²) in [5, 5.41) is 12.9. The standard InChI is InChI=1S/C18H28N6/c1-5-18(2,3)24-17(19-20-21-24)16(15-9-7-6-8-10-15)23-13-11-22(4)12-14-23/h6-10,16H,5,11-14H2,1-4H3/p+2/t16-/m1/s1. The fourth-order valence-corrected chi connectivity index (χ4v) is 3.45. The zero-order valence-electron chi connectivity index (χ0n) is 15.3. The molecule has 2 aromatic rings. The Balaban J connectivity index is 2.02. The summed E-state index contributed by atoms with van der Waals surface area (Å²) in [4.78, 5) is 3.17. The number of nitrogens with zero attached hydrogens (tertiary/aromatic N) is 4. The minimum absolute atomic E-state index is 0.0802. The lowest BCUT2D eigenvalue weighted by molar-refractivity contribution is -1.02. The van der Waals surface area contributed by atoms with Crippen LogP contribution in [-0.2, 0) is 5.54 Å². The number of quaternary nitrogens is 2. The molecule has 1 aliphatic heterocycles. The molecule has 0 amide bonds. The molecule has 1 saturated heterocycles. The van der Waals surface area contributed by atoms with Gasteiger partial charge in [0, 0.05) is 5.56 Å². The van der Waals surface area contributed by atoms with Gasteiger partial charge in [-0.3, -0.25) is 0 Å². The van der Waals surface area contributed by atoms with Gasteiger partial charge < -0.3 is 9.80 Å². The Bertz CT molecular complexity index is 643. The lowest BCUT2D eigenvalue weighted by Gasteiger charge is -2.34. The summed E-state index contributed by atoms with van der Waals surface area (Å²) < 4.78 is 2.04. The summed E-state index contributed by atoms with van der Waals surface area (Å²) in [6.07, 6.45) is 0.995. The molecule has 1 aromatic carbocycles. The largest absolute Gasteiger partial charge is 0.328 e. The third-order valence-corrected chi connectivity index (χ3v) is 5.48. The van der Waals surface area contributed by atoms with Crippen LogP contribution in [0.2, 0.25) is 0 Å². The Morgan fingerprint density at radius 3 is 2.42 bits per heavy atom. The minimum Gasteiger partial charge on any atom is -0.328 e. The predicted molar refractivity (Wildman–Crippen MR) is 93.0 cm³/mol. The van der Waals surface area contributed by atoms with Crippen LogP contribution in [0.25, 0.3) is 0 Å². The highest BCUT2D eigenvalue weighted by Crippen LogP contribution is 2.24. The molecule has 24 heavy (non-hydrogen) atoms. The molecule has 1 aromatic heterocycles. The number of hydrogen-bond donors (Lipinski definition) is 2. The molecule has 0 unspecified atom stereocenters. The number of nitrogens with one attached hydrogen (secondary N) is 2. The van der Waals surface area contributed by atoms with Crippen molar-refractivity contribution in [3.63, 3.8) is 0 Å². The first-order valence-electron chi connectivity index (χ1n) is 9.02. The van der Waals surface area contributed by atoms with Gasteiger partial charge in [-0.2, -0.15) is 0 Å². The van der Waals surface area contributed by atoms with E-state index >= 15 is 0 Å². The van der Waals surface area contributed by atoms with Crippen molar-refractivity contribution in [3.05, 3.63) is 41.7 Å². The fourth-order valence-electron chi connectivity index (χ4n) is 3.45. The quantitative estimate of drug-likeness (QED) is 0.764. The monoisotopic (exact) mass is 330 g/mol. The molecule has 2 heterocycles. The summed E-state index contributed by atoms with van der Waals surface area (Å²) in [6.45, 7) is 11.3. The topological polar surface area (TPSA) is 52.5 Å². The zero-order chi connectivity index (χ0) is 17.2. The summed E-state index contributed by atoms with van der Waals surface area (Å²) in [7, 11) is 2.28. The summed E-state index contributed by atoms with van der Waals surface area (Å²) in [6, 6.07) is 10.9. The molecule has 2 N–H and O–H groups in total. The van der Waals surface area contributed by atoms with Crippen LogP contribution in [0, 0.1) is 0 Å². The molecule has 3 rings (SSSR count). The number of aromatic nitrogens is 4. The summed E-state index contributed by atoms with van der Waals surface area (Å²) >= 11 is 0. The van der Waals surface area contributed by atoms with Crippen LogP contribution in [0.5, 0.6) is 0 Å². The van der Waals surface area contributed by atoms with Crippen molar-refractivity contribution in [1.82, 2.24) is 20.2 Å². The second-order valence-electron chi connectivity index (χ2n) is 7.57. The molecule has 130 valence electrons. The van der Waals surface area contributed by atoms with E-state index in [4.69, 9.17) is 0 Å². The Hall–Kier alpha value is -1.79. The van der Waals surface area contributed by atoms with Crippen molar-refractivity contribution in [2.75, 3.05) is 33.2 Å². The van der Waals surface area contributed by atoms with Gasteiger partial charge in [0.15, 0.2) is 6.04 Å². The fraction of sp³-hybridized carbons (Fsp3) is 0.611. The number of tetrazole rings is 1. The van der Waals surface area contributed by atoms with E-state index in [2.05, 4.69) is 73.7 Å². The highest BCUT2D eigenvalue weighted by Gasteiger charge is 2.37. The normalized spacial score (nSPS) is 23.2. The van der Waals surface area contributed by atoms with E-state index in [9.17, 15) is 0 Å². The number of rotatable bonds is 5. The van der Waals surface area contributed by atoms with E-state index in [-0.39, 0.29) is 11.6 Å². The van der Waals surface area contributed by atoms with Gasteiger partial charge in [-0.15, -0.1) is 5.10 Å². The zero-order valence-corrected chi connectivity index (χ0v) is 15.3. The first-order valence-corrected chi connectivity index (χ1v) is 9.02. The Labute approximate surface area is 144 Å². The molecule has 6 nitrogen and oxygen atoms in total. The van der Waals surface area contributed by atoms with E-state index in [1.54, 1.807) is 9.80 Å². The molecular formula is C18H30N6+2. The minimum atomic E-state index is -0.0802. The van der Waals surface area contributed by atoms with Crippen LogP contribution in [0.3, 0.4) is 0 Å². The lowest BCUT2D eigenvalue weighted by atomic mass is 9.99. The van der Waals surface area contributed by atoms with Crippen molar-refractivity contribution < 1.29 is 9.80 Å². The third kappa shape index (κ3) is 3.35. The molecule has 1 aliphatic rings. The molecule has 1 atom stereocenters. The number of hydrogen-bond acceptors (Lipinski definition) is 3. The van der Waals surface area contributed by atoms with Crippen molar-refractivity contribution in [2.24, 2.45) is 0 Å². The van der Waals surface area contributed by atoms with E-state index in [1.165, 1.54) is 18.7 Å². The van der Waals surface area contributed by atoms with Crippen LogP contribution in [0.1, 0.15) is 44.6 Å². The maximum Gasteiger partial charge on any atom is 0.214 e. The lowest BCUT2D eigenvalue weighted by Crippen LogP contribution is -3.27. The van der Waals surface area contributed by atoms with Gasteiger partial charge in [-0.05, 0) is 30.7 Å². The predicted octanol–water partition coefficient (Wildman–Crippen LogP) is -0.679. The van der Waals surface area contributed by atoms with E-state index in [1.807, 2.05) is 4.68 Å². The average Bonchev–Trinajstić information content (AvgIpc) is 3.08. The Morgan fingerprint density at radius 1 is 1.12 bits per heavy atom. The highest BCUT2D eigenvalue weighted by molar-refractivity contribution is 5.22. The maximum atomic E-state index is 4.48. The van der Waals surface area contributed by atoms with E-state index < -0.39 is 0 Å². The van der Waals surface area contributed by atoms with Gasteiger partial charge >= 0.3 is 0 Å². The van der Waals surface area contributed by atoms with Crippen molar-refractivity contribution in [3.8, 4) is 0 Å². The second kappa shape index (κ2) is 6.99. The second-order valence-corrected chi connectivity index (χ2v) is 7.57. The van der Waals surface area contributed by atoms with Crippen LogP contribution in [0.4, 0.5) is 0 Å². The molecule has 0 bridgehead atoms. The first-order chi connectivity index (χ1) is 11.5. The van der Waals surface area contributed by atoms with Crippen LogP contribution in [-0.4, -0.2) is 53.4 Å². The number of likely N-dealkylation sites (N-methyl/N-ethyl adjacent to an activating group) is 1. The average molecular weight is 330 g/mol. The van der Waals surface area contributed by atoms with E-state index in [0.29, 0.717) is 0 Å². The molecule has 1 fully saturated rings. The van der Waals surface area contributed by atoms with Crippen molar-refractivity contribution in [2.45, 2.75) is 38.8 Å². The number of piperazine rings is 1. The van der Waals surface area contributed by atoms with E-state index in [0.717, 1.165) is 25.3 Å². The summed E-state index contributed by atoms with van der Waals surface area (Å²) in [5.41, 5.74) is 1.22. The van der Waals surface area contributed by atoms with Gasteiger partial charge in [0.05, 0.1) is 12.6 Å². The Morgan fingerprint density at radius 2 is 1.79 bits per heavy atom. The first kappa shape index (κ1) is 17.0. The molecule has 6 heteroatoms. The maximum absolute atomic E-state index is 4.48. The third-order valence-electron chi connectivity index (χ3n) is 5.48. The van der Waals surface area contributed by atoms with Gasteiger partial charge in [0.2, 0.25) is 5.82 Å². The molecule has 0 saturated carbocycles. The molecule has 0 spiro atoms. The molecular weight excluding hydrogens is 300 g/mol. The van der Waals surface area contributed by atoms with Crippen molar-refractivity contribution in [1.29, 1.82) is 0 Å². The van der Waals surface area contributed by atoms with Gasteiger partial charge in [-0.1, -0.05) is 37.3 Å². The highest BCUT2D eigenvalue weighted by atomic mass is 15.6. The van der Waals surface area contributed by atoms with Crippen molar-refractivity contribution >= 4 is 0 Å².